The summed E-state index contributed by atoms with van der Waals surface area (Å²) in [6, 6.07) is 7.75. The van der Waals surface area contributed by atoms with Crippen LogP contribution in [0.3, 0.4) is 0 Å². The van der Waals surface area contributed by atoms with E-state index in [4.69, 9.17) is 0 Å². The van der Waals surface area contributed by atoms with Gasteiger partial charge in [-0.3, -0.25) is 9.59 Å². The average Bonchev–Trinajstić information content (AvgIpc) is 3.45. The Hall–Kier alpha value is -3.49. The van der Waals surface area contributed by atoms with Gasteiger partial charge in [-0.15, -0.1) is 0 Å². The Kier molecular flexibility index (Phi) is 5.37. The number of aryl methyl sites for hydroxylation is 1. The molecule has 1 aliphatic heterocycles. The first-order valence-corrected chi connectivity index (χ1v) is 9.50. The van der Waals surface area contributed by atoms with E-state index in [1.807, 2.05) is 35.0 Å². The van der Waals surface area contributed by atoms with E-state index < -0.39 is 0 Å². The molecule has 1 atom stereocenters. The van der Waals surface area contributed by atoms with Crippen LogP contribution in [0.4, 0.5) is 5.69 Å². The molecule has 1 fully saturated rings. The molecule has 3 aromatic rings. The second-order valence-corrected chi connectivity index (χ2v) is 7.22. The number of imidazole rings is 1. The van der Waals surface area contributed by atoms with Crippen molar-refractivity contribution in [1.82, 2.24) is 24.8 Å². The zero-order valence-electron chi connectivity index (χ0n) is 16.1. The molecule has 9 nitrogen and oxygen atoms in total. The molecule has 0 spiro atoms. The molecule has 9 heteroatoms. The summed E-state index contributed by atoms with van der Waals surface area (Å²) in [5, 5.41) is 10.4. The number of carbonyl (C=O) groups is 2. The molecular formula is C20H22N6O3. The zero-order valence-corrected chi connectivity index (χ0v) is 16.1. The predicted octanol–water partition coefficient (Wildman–Crippen LogP) is 1.65. The van der Waals surface area contributed by atoms with Crippen LogP contribution in [0, 0.1) is 12.8 Å². The fourth-order valence-corrected chi connectivity index (χ4v) is 3.45. The molecule has 29 heavy (non-hydrogen) atoms. The van der Waals surface area contributed by atoms with Crippen LogP contribution < -0.4 is 5.32 Å². The second kappa shape index (κ2) is 8.26. The van der Waals surface area contributed by atoms with Crippen molar-refractivity contribution in [2.24, 2.45) is 5.92 Å². The maximum atomic E-state index is 12.7. The van der Waals surface area contributed by atoms with Gasteiger partial charge in [-0.05, 0) is 31.0 Å². The van der Waals surface area contributed by atoms with Crippen molar-refractivity contribution in [2.45, 2.75) is 26.3 Å². The number of hydrogen-bond acceptors (Lipinski definition) is 6. The minimum atomic E-state index is -0.229. The Morgan fingerprint density at radius 1 is 1.31 bits per heavy atom. The van der Waals surface area contributed by atoms with E-state index in [1.165, 1.54) is 0 Å². The molecule has 1 aromatic carbocycles. The van der Waals surface area contributed by atoms with E-state index in [0.29, 0.717) is 37.4 Å². The largest absolute Gasteiger partial charge is 0.342 e. The molecule has 4 rings (SSSR count). The number of carbonyl (C=O) groups excluding carboxylic acids is 2. The van der Waals surface area contributed by atoms with E-state index in [0.717, 1.165) is 11.3 Å². The molecule has 0 bridgehead atoms. The summed E-state index contributed by atoms with van der Waals surface area (Å²) in [6.45, 7) is 3.40. The summed E-state index contributed by atoms with van der Waals surface area (Å²) in [5.41, 5.74) is 2.97. The van der Waals surface area contributed by atoms with E-state index in [-0.39, 0.29) is 24.2 Å². The van der Waals surface area contributed by atoms with Crippen LogP contribution in [0.1, 0.15) is 23.4 Å². The van der Waals surface area contributed by atoms with Crippen molar-refractivity contribution in [2.75, 3.05) is 18.4 Å². The third kappa shape index (κ3) is 4.50. The highest BCUT2D eigenvalue weighted by Crippen LogP contribution is 2.20. The lowest BCUT2D eigenvalue weighted by atomic mass is 10.1. The highest BCUT2D eigenvalue weighted by Gasteiger charge is 2.31. The van der Waals surface area contributed by atoms with E-state index in [2.05, 4.69) is 25.2 Å². The summed E-state index contributed by atoms with van der Waals surface area (Å²) >= 11 is 0. The standard InChI is InChI=1S/C20H22N6O3/c1-14-18(24-29-23-14)10-19(27)26-7-5-16(12-26)20(28)22-17-4-2-3-15(9-17)11-25-8-6-21-13-25/h2-4,6,8-9,13,16H,5,7,10-12H2,1H3,(H,22,28). The summed E-state index contributed by atoms with van der Waals surface area (Å²) < 4.78 is 6.60. The molecule has 0 aliphatic carbocycles. The van der Waals surface area contributed by atoms with E-state index >= 15 is 0 Å². The minimum Gasteiger partial charge on any atom is -0.342 e. The molecule has 0 radical (unpaired) electrons. The van der Waals surface area contributed by atoms with Crippen LogP contribution in [-0.2, 0) is 22.6 Å². The first kappa shape index (κ1) is 18.9. The van der Waals surface area contributed by atoms with E-state index in [1.54, 1.807) is 24.3 Å². The topological polar surface area (TPSA) is 106 Å². The van der Waals surface area contributed by atoms with Gasteiger partial charge in [0.2, 0.25) is 11.8 Å². The van der Waals surface area contributed by atoms with Gasteiger partial charge in [0.15, 0.2) is 0 Å². The van der Waals surface area contributed by atoms with Crippen molar-refractivity contribution in [3.63, 3.8) is 0 Å². The number of rotatable bonds is 6. The number of likely N-dealkylation sites (tertiary alicyclic amines) is 1. The van der Waals surface area contributed by atoms with Gasteiger partial charge in [0.1, 0.15) is 11.4 Å². The van der Waals surface area contributed by atoms with Crippen molar-refractivity contribution in [3.05, 3.63) is 59.9 Å². The van der Waals surface area contributed by atoms with Gasteiger partial charge < -0.3 is 14.8 Å². The Morgan fingerprint density at radius 2 is 2.21 bits per heavy atom. The van der Waals surface area contributed by atoms with Crippen molar-refractivity contribution < 1.29 is 14.2 Å². The third-order valence-corrected chi connectivity index (χ3v) is 5.10. The Morgan fingerprint density at radius 3 is 2.97 bits per heavy atom. The van der Waals surface area contributed by atoms with Crippen LogP contribution in [-0.4, -0.2) is 49.7 Å². The monoisotopic (exact) mass is 394 g/mol. The van der Waals surface area contributed by atoms with Crippen LogP contribution in [0.5, 0.6) is 0 Å². The SMILES string of the molecule is Cc1nonc1CC(=O)N1CCC(C(=O)Nc2cccc(Cn3ccnc3)c2)C1. The number of anilines is 1. The van der Waals surface area contributed by atoms with Crippen molar-refractivity contribution >= 4 is 17.5 Å². The lowest BCUT2D eigenvalue weighted by molar-refractivity contribution is -0.129. The quantitative estimate of drug-likeness (QED) is 0.681. The first-order chi connectivity index (χ1) is 14.1. The molecule has 2 amide bonds. The van der Waals surface area contributed by atoms with Crippen LogP contribution in [0.2, 0.25) is 0 Å². The fourth-order valence-electron chi connectivity index (χ4n) is 3.45. The lowest BCUT2D eigenvalue weighted by Crippen LogP contribution is -2.32. The van der Waals surface area contributed by atoms with Gasteiger partial charge >= 0.3 is 0 Å². The Labute approximate surface area is 167 Å². The number of nitrogens with zero attached hydrogens (tertiary/aromatic N) is 5. The molecule has 1 N–H and O–H groups in total. The molecule has 0 saturated carbocycles. The Balaban J connectivity index is 1.32. The minimum absolute atomic E-state index is 0.0681. The molecule has 3 heterocycles. The second-order valence-electron chi connectivity index (χ2n) is 7.22. The number of hydrogen-bond donors (Lipinski definition) is 1. The molecule has 150 valence electrons. The lowest BCUT2D eigenvalue weighted by Gasteiger charge is -2.16. The zero-order chi connectivity index (χ0) is 20.2. The molecule has 2 aromatic heterocycles. The fraction of sp³-hybridized carbons (Fsp3) is 0.350. The summed E-state index contributed by atoms with van der Waals surface area (Å²) in [7, 11) is 0. The van der Waals surface area contributed by atoms with Crippen molar-refractivity contribution in [3.8, 4) is 0 Å². The van der Waals surface area contributed by atoms with Gasteiger partial charge in [0.05, 0.1) is 18.7 Å². The van der Waals surface area contributed by atoms with E-state index in [9.17, 15) is 9.59 Å². The van der Waals surface area contributed by atoms with Gasteiger partial charge in [-0.1, -0.05) is 22.4 Å². The van der Waals surface area contributed by atoms with Crippen LogP contribution >= 0.6 is 0 Å². The normalized spacial score (nSPS) is 16.2. The average molecular weight is 394 g/mol. The smallest absolute Gasteiger partial charge is 0.229 e. The van der Waals surface area contributed by atoms with Gasteiger partial charge in [0, 0.05) is 37.7 Å². The first-order valence-electron chi connectivity index (χ1n) is 9.50. The summed E-state index contributed by atoms with van der Waals surface area (Å²) in [6.07, 6.45) is 6.17. The predicted molar refractivity (Wildman–Crippen MR) is 104 cm³/mol. The number of aromatic nitrogens is 4. The maximum absolute atomic E-state index is 12.7. The molecule has 1 aliphatic rings. The summed E-state index contributed by atoms with van der Waals surface area (Å²) in [4.78, 5) is 30.9. The highest BCUT2D eigenvalue weighted by atomic mass is 16.6. The van der Waals surface area contributed by atoms with Gasteiger partial charge in [-0.2, -0.15) is 0 Å². The Bertz CT molecular complexity index is 997. The number of nitrogens with one attached hydrogen (secondary N) is 1. The van der Waals surface area contributed by atoms with Crippen LogP contribution in [0.25, 0.3) is 0 Å². The summed E-state index contributed by atoms with van der Waals surface area (Å²) in [5.74, 6) is -0.367. The highest BCUT2D eigenvalue weighted by molar-refractivity contribution is 5.93. The maximum Gasteiger partial charge on any atom is 0.229 e. The van der Waals surface area contributed by atoms with Gasteiger partial charge in [-0.25, -0.2) is 9.61 Å². The molecule has 1 unspecified atom stereocenters. The molecular weight excluding hydrogens is 372 g/mol. The molecule has 1 saturated heterocycles. The number of amides is 2. The third-order valence-electron chi connectivity index (χ3n) is 5.10. The van der Waals surface area contributed by atoms with Crippen molar-refractivity contribution in [1.29, 1.82) is 0 Å². The van der Waals surface area contributed by atoms with Crippen LogP contribution in [0.15, 0.2) is 47.6 Å². The van der Waals surface area contributed by atoms with Gasteiger partial charge in [0.25, 0.3) is 0 Å². The number of benzene rings is 1.